The topological polar surface area (TPSA) is 42.9 Å². The van der Waals surface area contributed by atoms with E-state index in [0.29, 0.717) is 6.04 Å². The molecule has 0 spiro atoms. The molecule has 2 N–H and O–H groups in total. The van der Waals surface area contributed by atoms with Crippen molar-refractivity contribution in [3.63, 3.8) is 0 Å². The van der Waals surface area contributed by atoms with Crippen LogP contribution >= 0.6 is 35.3 Å². The Morgan fingerprint density at radius 2 is 1.93 bits per heavy atom. The van der Waals surface area contributed by atoms with Crippen molar-refractivity contribution >= 4 is 46.3 Å². The molecule has 0 saturated carbocycles. The van der Waals surface area contributed by atoms with E-state index >= 15 is 0 Å². The van der Waals surface area contributed by atoms with Gasteiger partial charge in [-0.25, -0.2) is 0 Å². The molecule has 2 aromatic rings. The fourth-order valence-electron chi connectivity index (χ4n) is 3.47. The van der Waals surface area contributed by atoms with E-state index in [1.807, 2.05) is 18.4 Å². The highest BCUT2D eigenvalue weighted by Gasteiger charge is 2.20. The second-order valence-electron chi connectivity index (χ2n) is 7.34. The van der Waals surface area contributed by atoms with Crippen molar-refractivity contribution in [3.8, 4) is 0 Å². The Morgan fingerprint density at radius 3 is 2.57 bits per heavy atom. The van der Waals surface area contributed by atoms with E-state index in [2.05, 4.69) is 81.3 Å². The number of nitrogens with one attached hydrogen (secondary N) is 2. The first-order chi connectivity index (χ1) is 13.1. The molecule has 1 fully saturated rings. The number of nitrogens with zero attached hydrogens (tertiary/aromatic N) is 3. The van der Waals surface area contributed by atoms with Crippen LogP contribution in [-0.2, 0) is 13.1 Å². The average molecular weight is 513 g/mol. The van der Waals surface area contributed by atoms with Crippen molar-refractivity contribution in [2.24, 2.45) is 4.99 Å². The van der Waals surface area contributed by atoms with Crippen LogP contribution in [0.25, 0.3) is 0 Å². The van der Waals surface area contributed by atoms with Gasteiger partial charge in [0.1, 0.15) is 0 Å². The first kappa shape index (κ1) is 23.0. The number of hydrogen-bond acceptors (Lipinski definition) is 4. The molecule has 1 aliphatic rings. The number of halogens is 1. The van der Waals surface area contributed by atoms with Crippen molar-refractivity contribution < 1.29 is 0 Å². The molecule has 0 bridgehead atoms. The molecule has 1 aromatic heterocycles. The van der Waals surface area contributed by atoms with Gasteiger partial charge in [-0.3, -0.25) is 4.99 Å². The van der Waals surface area contributed by atoms with Crippen LogP contribution in [0.3, 0.4) is 0 Å². The van der Waals surface area contributed by atoms with Crippen LogP contribution in [0.5, 0.6) is 0 Å². The molecule has 28 heavy (non-hydrogen) atoms. The molecule has 0 amide bonds. The molecule has 1 aliphatic heterocycles. The lowest BCUT2D eigenvalue weighted by Gasteiger charge is -2.33. The summed E-state index contributed by atoms with van der Waals surface area (Å²) in [5.74, 6) is 0.891. The first-order valence-electron chi connectivity index (χ1n) is 9.62. The van der Waals surface area contributed by atoms with Crippen LogP contribution in [0, 0.1) is 0 Å². The number of aliphatic imine (C=N–C) groups is 1. The Kier molecular flexibility index (Phi) is 9.53. The van der Waals surface area contributed by atoms with Gasteiger partial charge in [-0.05, 0) is 55.6 Å². The maximum atomic E-state index is 4.41. The molecule has 3 rings (SSSR count). The molecule has 1 aromatic carbocycles. The fourth-order valence-corrected chi connectivity index (χ4v) is 4.26. The first-order valence-corrected chi connectivity index (χ1v) is 10.5. The SMILES string of the molecule is CN=C(NCc1cccc(CN(C)C)c1)NC1CCN(c2cccs2)CC1.I. The minimum absolute atomic E-state index is 0. The van der Waals surface area contributed by atoms with Crippen LogP contribution in [0.2, 0.25) is 0 Å². The van der Waals surface area contributed by atoms with Crippen LogP contribution in [0.4, 0.5) is 5.00 Å². The number of piperidine rings is 1. The summed E-state index contributed by atoms with van der Waals surface area (Å²) in [6, 6.07) is 13.6. The van der Waals surface area contributed by atoms with Gasteiger partial charge in [0.15, 0.2) is 5.96 Å². The lowest BCUT2D eigenvalue weighted by Crippen LogP contribution is -2.48. The summed E-state index contributed by atoms with van der Waals surface area (Å²) in [7, 11) is 6.04. The van der Waals surface area contributed by atoms with Crippen molar-refractivity contribution in [3.05, 3.63) is 52.9 Å². The largest absolute Gasteiger partial charge is 0.363 e. The summed E-state index contributed by atoms with van der Waals surface area (Å²) < 4.78 is 0. The van der Waals surface area contributed by atoms with E-state index < -0.39 is 0 Å². The van der Waals surface area contributed by atoms with Gasteiger partial charge in [0.25, 0.3) is 0 Å². The van der Waals surface area contributed by atoms with Gasteiger partial charge in [-0.15, -0.1) is 35.3 Å². The maximum Gasteiger partial charge on any atom is 0.191 e. The minimum atomic E-state index is 0. The Bertz CT molecular complexity index is 724. The Morgan fingerprint density at radius 1 is 1.18 bits per heavy atom. The zero-order valence-corrected chi connectivity index (χ0v) is 20.2. The van der Waals surface area contributed by atoms with E-state index in [1.165, 1.54) is 16.1 Å². The van der Waals surface area contributed by atoms with Crippen LogP contribution in [0.15, 0.2) is 46.8 Å². The predicted molar refractivity (Wildman–Crippen MR) is 132 cm³/mol. The quantitative estimate of drug-likeness (QED) is 0.351. The average Bonchev–Trinajstić information content (AvgIpc) is 3.20. The van der Waals surface area contributed by atoms with Crippen molar-refractivity contribution in [2.75, 3.05) is 39.1 Å². The standard InChI is InChI=1S/C21H31N5S.HI/c1-22-21(23-15-17-6-4-7-18(14-17)16-25(2)3)24-19-9-11-26(12-10-19)20-8-5-13-27-20;/h4-8,13-14,19H,9-12,15-16H2,1-3H3,(H2,22,23,24);1H. The molecule has 7 heteroatoms. The summed E-state index contributed by atoms with van der Waals surface area (Å²) in [5, 5.41) is 10.6. The molecule has 0 aliphatic carbocycles. The van der Waals surface area contributed by atoms with Gasteiger partial charge in [0.05, 0.1) is 5.00 Å². The molecule has 2 heterocycles. The van der Waals surface area contributed by atoms with Crippen LogP contribution in [0.1, 0.15) is 24.0 Å². The van der Waals surface area contributed by atoms with Gasteiger partial charge in [-0.2, -0.15) is 0 Å². The second-order valence-corrected chi connectivity index (χ2v) is 8.27. The van der Waals surface area contributed by atoms with Gasteiger partial charge < -0.3 is 20.4 Å². The molecule has 1 saturated heterocycles. The molecule has 0 radical (unpaired) electrons. The van der Waals surface area contributed by atoms with E-state index in [0.717, 1.165) is 45.0 Å². The van der Waals surface area contributed by atoms with Crippen LogP contribution in [-0.4, -0.2) is 51.1 Å². The smallest absolute Gasteiger partial charge is 0.191 e. The number of hydrogen-bond donors (Lipinski definition) is 2. The van der Waals surface area contributed by atoms with E-state index in [1.54, 1.807) is 0 Å². The van der Waals surface area contributed by atoms with Crippen LogP contribution < -0.4 is 15.5 Å². The predicted octanol–water partition coefficient (Wildman–Crippen LogP) is 3.76. The van der Waals surface area contributed by atoms with Crippen molar-refractivity contribution in [2.45, 2.75) is 32.0 Å². The van der Waals surface area contributed by atoms with Gasteiger partial charge >= 0.3 is 0 Å². The number of guanidine groups is 1. The second kappa shape index (κ2) is 11.6. The zero-order valence-electron chi connectivity index (χ0n) is 17.0. The number of anilines is 1. The van der Waals surface area contributed by atoms with Gasteiger partial charge in [-0.1, -0.05) is 24.3 Å². The highest BCUT2D eigenvalue weighted by Crippen LogP contribution is 2.24. The van der Waals surface area contributed by atoms with E-state index in [9.17, 15) is 0 Å². The van der Waals surface area contributed by atoms with Crippen molar-refractivity contribution in [1.29, 1.82) is 0 Å². The lowest BCUT2D eigenvalue weighted by molar-refractivity contribution is 0.402. The molecule has 154 valence electrons. The van der Waals surface area contributed by atoms with Crippen molar-refractivity contribution in [1.82, 2.24) is 15.5 Å². The number of rotatable bonds is 6. The molecule has 0 unspecified atom stereocenters. The summed E-state index contributed by atoms with van der Waals surface area (Å²) in [6.07, 6.45) is 2.27. The number of benzene rings is 1. The maximum absolute atomic E-state index is 4.41. The third-order valence-electron chi connectivity index (χ3n) is 4.83. The minimum Gasteiger partial charge on any atom is -0.363 e. The summed E-state index contributed by atoms with van der Waals surface area (Å²) in [5.41, 5.74) is 2.62. The molecular weight excluding hydrogens is 481 g/mol. The normalized spacial score (nSPS) is 15.4. The molecular formula is C21H32IN5S. The third-order valence-corrected chi connectivity index (χ3v) is 5.76. The summed E-state index contributed by atoms with van der Waals surface area (Å²) in [4.78, 5) is 9.08. The zero-order chi connectivity index (χ0) is 19.1. The Labute approximate surface area is 190 Å². The van der Waals surface area contributed by atoms with E-state index in [4.69, 9.17) is 0 Å². The Hall–Kier alpha value is -1.32. The monoisotopic (exact) mass is 513 g/mol. The molecule has 0 atom stereocenters. The highest BCUT2D eigenvalue weighted by molar-refractivity contribution is 14.0. The Balaban J connectivity index is 0.00000280. The van der Waals surface area contributed by atoms with Gasteiger partial charge in [0, 0.05) is 39.3 Å². The van der Waals surface area contributed by atoms with E-state index in [-0.39, 0.29) is 24.0 Å². The van der Waals surface area contributed by atoms with Gasteiger partial charge in [0.2, 0.25) is 0 Å². The molecule has 5 nitrogen and oxygen atoms in total. The fraction of sp³-hybridized carbons (Fsp3) is 0.476. The lowest BCUT2D eigenvalue weighted by atomic mass is 10.1. The summed E-state index contributed by atoms with van der Waals surface area (Å²) >= 11 is 1.83. The summed E-state index contributed by atoms with van der Waals surface area (Å²) in [6.45, 7) is 3.95. The highest BCUT2D eigenvalue weighted by atomic mass is 127. The third kappa shape index (κ3) is 6.93. The number of thiophene rings is 1.